The first-order valence-corrected chi connectivity index (χ1v) is 11.4. The Morgan fingerprint density at radius 3 is 2.39 bits per heavy atom. The van der Waals surface area contributed by atoms with E-state index in [4.69, 9.17) is 16.3 Å². The molecule has 0 saturated heterocycles. The fourth-order valence-corrected chi connectivity index (χ4v) is 4.16. The third-order valence-electron chi connectivity index (χ3n) is 4.55. The molecule has 3 aromatic rings. The number of carbonyl (C=O) groups excluding carboxylic acids is 1. The molecule has 0 aliphatic heterocycles. The van der Waals surface area contributed by atoms with Crippen molar-refractivity contribution in [1.29, 1.82) is 0 Å². The normalized spacial score (nSPS) is 11.1. The minimum Gasteiger partial charge on any atom is -0.484 e. The monoisotopic (exact) mass is 458 g/mol. The molecule has 0 aliphatic rings. The van der Waals surface area contributed by atoms with Gasteiger partial charge in [0.05, 0.1) is 4.90 Å². The van der Waals surface area contributed by atoms with Gasteiger partial charge in [0.25, 0.3) is 15.9 Å². The van der Waals surface area contributed by atoms with E-state index in [9.17, 15) is 13.2 Å². The Labute approximate surface area is 187 Å². The summed E-state index contributed by atoms with van der Waals surface area (Å²) in [5.74, 6) is 0.124. The summed E-state index contributed by atoms with van der Waals surface area (Å²) in [5, 5.41) is 3.32. The van der Waals surface area contributed by atoms with E-state index in [1.165, 1.54) is 12.1 Å². The average Bonchev–Trinajstić information content (AvgIpc) is 2.73. The largest absolute Gasteiger partial charge is 0.484 e. The van der Waals surface area contributed by atoms with Crippen LogP contribution in [0.2, 0.25) is 5.02 Å². The second kappa shape index (κ2) is 9.85. The van der Waals surface area contributed by atoms with Crippen LogP contribution in [0, 0.1) is 13.8 Å². The molecule has 6 nitrogen and oxygen atoms in total. The molecule has 0 saturated carbocycles. The van der Waals surface area contributed by atoms with Crippen molar-refractivity contribution in [2.45, 2.75) is 25.3 Å². The highest BCUT2D eigenvalue weighted by molar-refractivity contribution is 7.92. The van der Waals surface area contributed by atoms with Gasteiger partial charge in [0.15, 0.2) is 6.61 Å². The summed E-state index contributed by atoms with van der Waals surface area (Å²) in [7, 11) is -3.74. The van der Waals surface area contributed by atoms with E-state index in [0.717, 1.165) is 11.1 Å². The molecule has 0 heterocycles. The summed E-state index contributed by atoms with van der Waals surface area (Å²) in [4.78, 5) is 12.2. The number of rotatable bonds is 8. The lowest BCUT2D eigenvalue weighted by Gasteiger charge is -2.13. The number of anilines is 1. The Bertz CT molecular complexity index is 1180. The zero-order valence-corrected chi connectivity index (χ0v) is 18.8. The number of carbonyl (C=O) groups is 1. The fourth-order valence-electron chi connectivity index (χ4n) is 2.82. The molecule has 0 fully saturated rings. The maximum atomic E-state index is 12.6. The van der Waals surface area contributed by atoms with Crippen LogP contribution in [0.5, 0.6) is 5.75 Å². The molecule has 0 atom stereocenters. The number of benzene rings is 3. The summed E-state index contributed by atoms with van der Waals surface area (Å²) < 4.78 is 33.4. The van der Waals surface area contributed by atoms with E-state index >= 15 is 0 Å². The molecule has 0 bridgehead atoms. The molecule has 31 heavy (non-hydrogen) atoms. The molecule has 8 heteroatoms. The number of sulfonamides is 1. The van der Waals surface area contributed by atoms with E-state index in [2.05, 4.69) is 10.0 Å². The molecule has 0 unspecified atom stereocenters. The lowest BCUT2D eigenvalue weighted by atomic mass is 10.2. The summed E-state index contributed by atoms with van der Waals surface area (Å²) in [6.07, 6.45) is 0. The summed E-state index contributed by atoms with van der Waals surface area (Å²) in [5.41, 5.74) is 2.94. The van der Waals surface area contributed by atoms with Gasteiger partial charge in [0.2, 0.25) is 0 Å². The Morgan fingerprint density at radius 1 is 1.00 bits per heavy atom. The first-order chi connectivity index (χ1) is 14.7. The lowest BCUT2D eigenvalue weighted by molar-refractivity contribution is -0.123. The third-order valence-corrected chi connectivity index (χ3v) is 6.30. The highest BCUT2D eigenvalue weighted by atomic mass is 35.5. The molecule has 0 radical (unpaired) electrons. The summed E-state index contributed by atoms with van der Waals surface area (Å²) in [6, 6.07) is 18.8. The average molecular weight is 459 g/mol. The van der Waals surface area contributed by atoms with Crippen molar-refractivity contribution in [3.05, 3.63) is 88.4 Å². The van der Waals surface area contributed by atoms with Crippen molar-refractivity contribution in [3.63, 3.8) is 0 Å². The van der Waals surface area contributed by atoms with Crippen LogP contribution >= 0.6 is 11.6 Å². The molecule has 3 aromatic carbocycles. The summed E-state index contributed by atoms with van der Waals surface area (Å²) >= 11 is 6.07. The van der Waals surface area contributed by atoms with E-state index < -0.39 is 10.0 Å². The third kappa shape index (κ3) is 6.23. The number of hydrogen-bond acceptors (Lipinski definition) is 4. The zero-order valence-electron chi connectivity index (χ0n) is 17.2. The minimum absolute atomic E-state index is 0.112. The Kier molecular flexibility index (Phi) is 7.20. The zero-order chi connectivity index (χ0) is 22.4. The predicted octanol–water partition coefficient (Wildman–Crippen LogP) is 4.45. The number of amides is 1. The number of nitrogens with one attached hydrogen (secondary N) is 2. The van der Waals surface area contributed by atoms with Crippen molar-refractivity contribution in [3.8, 4) is 5.75 Å². The van der Waals surface area contributed by atoms with E-state index in [1.54, 1.807) is 31.2 Å². The van der Waals surface area contributed by atoms with Gasteiger partial charge in [0, 0.05) is 17.3 Å². The van der Waals surface area contributed by atoms with Crippen molar-refractivity contribution >= 4 is 33.2 Å². The van der Waals surface area contributed by atoms with E-state index in [1.807, 2.05) is 37.3 Å². The molecule has 2 N–H and O–H groups in total. The van der Waals surface area contributed by atoms with Gasteiger partial charge in [-0.2, -0.15) is 0 Å². The quantitative estimate of drug-likeness (QED) is 0.522. The van der Waals surface area contributed by atoms with Crippen LogP contribution < -0.4 is 14.8 Å². The smallest absolute Gasteiger partial charge is 0.261 e. The van der Waals surface area contributed by atoms with Gasteiger partial charge in [0.1, 0.15) is 5.75 Å². The first-order valence-electron chi connectivity index (χ1n) is 9.57. The molecule has 0 spiro atoms. The molecular formula is C23H23ClN2O4S. The highest BCUT2D eigenvalue weighted by Gasteiger charge is 2.16. The molecule has 162 valence electrons. The Balaban J connectivity index is 1.59. The Morgan fingerprint density at radius 2 is 1.71 bits per heavy atom. The second-order valence-corrected chi connectivity index (χ2v) is 9.15. The van der Waals surface area contributed by atoms with Crippen molar-refractivity contribution in [2.24, 2.45) is 0 Å². The molecule has 1 amide bonds. The van der Waals surface area contributed by atoms with Gasteiger partial charge in [-0.05, 0) is 61.4 Å². The van der Waals surface area contributed by atoms with Gasteiger partial charge in [-0.1, -0.05) is 47.5 Å². The number of ether oxygens (including phenoxy) is 1. The number of hydrogen-bond donors (Lipinski definition) is 2. The van der Waals surface area contributed by atoms with Crippen LogP contribution in [0.1, 0.15) is 16.7 Å². The van der Waals surface area contributed by atoms with Crippen LogP contribution in [0.25, 0.3) is 0 Å². The fraction of sp³-hybridized carbons (Fsp3) is 0.174. The van der Waals surface area contributed by atoms with Crippen molar-refractivity contribution < 1.29 is 17.9 Å². The molecular weight excluding hydrogens is 436 g/mol. The number of aryl methyl sites for hydroxylation is 2. The topological polar surface area (TPSA) is 84.5 Å². The van der Waals surface area contributed by atoms with E-state index in [0.29, 0.717) is 28.6 Å². The first kappa shape index (κ1) is 22.7. The van der Waals surface area contributed by atoms with Crippen LogP contribution in [0.15, 0.2) is 71.6 Å². The highest BCUT2D eigenvalue weighted by Crippen LogP contribution is 2.24. The minimum atomic E-state index is -3.74. The standard InChI is InChI=1S/C23H23ClN2O4S/c1-16-7-9-19(10-8-16)26-31(28,29)20-11-12-22(17(2)13-20)30-15-23(27)25-14-18-5-3-4-6-21(18)24/h3-13,26H,14-15H2,1-2H3,(H,25,27). The maximum Gasteiger partial charge on any atom is 0.261 e. The van der Waals surface area contributed by atoms with Crippen LogP contribution in [-0.4, -0.2) is 20.9 Å². The van der Waals surface area contributed by atoms with Crippen molar-refractivity contribution in [2.75, 3.05) is 11.3 Å². The summed E-state index contributed by atoms with van der Waals surface area (Å²) in [6.45, 7) is 3.75. The predicted molar refractivity (Wildman–Crippen MR) is 122 cm³/mol. The van der Waals surface area contributed by atoms with Crippen LogP contribution in [0.3, 0.4) is 0 Å². The van der Waals surface area contributed by atoms with Gasteiger partial charge in [-0.15, -0.1) is 0 Å². The SMILES string of the molecule is Cc1ccc(NS(=O)(=O)c2ccc(OCC(=O)NCc3ccccc3Cl)c(C)c2)cc1. The van der Waals surface area contributed by atoms with E-state index in [-0.39, 0.29) is 17.4 Å². The van der Waals surface area contributed by atoms with Gasteiger partial charge in [-0.25, -0.2) is 8.42 Å². The van der Waals surface area contributed by atoms with Gasteiger partial charge < -0.3 is 10.1 Å². The molecule has 3 rings (SSSR count). The Hall–Kier alpha value is -3.03. The van der Waals surface area contributed by atoms with Crippen LogP contribution in [0.4, 0.5) is 5.69 Å². The van der Waals surface area contributed by atoms with Gasteiger partial charge >= 0.3 is 0 Å². The second-order valence-electron chi connectivity index (χ2n) is 7.06. The molecule has 0 aliphatic carbocycles. The molecule has 0 aromatic heterocycles. The number of halogens is 1. The lowest BCUT2D eigenvalue weighted by Crippen LogP contribution is -2.28. The van der Waals surface area contributed by atoms with Crippen molar-refractivity contribution in [1.82, 2.24) is 5.32 Å². The van der Waals surface area contributed by atoms with Crippen LogP contribution in [-0.2, 0) is 21.4 Å². The maximum absolute atomic E-state index is 12.6. The van der Waals surface area contributed by atoms with Gasteiger partial charge in [-0.3, -0.25) is 9.52 Å².